The van der Waals surface area contributed by atoms with Gasteiger partial charge in [0.2, 0.25) is 21.8 Å². The standard InChI is InChI=1S/C18H20FN3O5S/c1-12(22-28(25,26)16-9-4-3-8-15(16)19)18(24)21-14-7-5-6-13(10-14)20-17(23)11-27-2/h3-10,12,22H,11H2,1-2H3,(H,20,23)(H,21,24)/t12-/m0/s1. The van der Waals surface area contributed by atoms with Crippen LogP contribution in [0.3, 0.4) is 0 Å². The molecule has 0 aromatic heterocycles. The molecule has 10 heteroatoms. The van der Waals surface area contributed by atoms with Crippen molar-refractivity contribution in [1.82, 2.24) is 4.72 Å². The van der Waals surface area contributed by atoms with E-state index in [-0.39, 0.29) is 12.5 Å². The van der Waals surface area contributed by atoms with Crippen LogP contribution in [0.25, 0.3) is 0 Å². The predicted octanol–water partition coefficient (Wildman–Crippen LogP) is 1.72. The first-order valence-electron chi connectivity index (χ1n) is 8.19. The Morgan fingerprint density at radius 1 is 1.07 bits per heavy atom. The molecule has 0 fully saturated rings. The highest BCUT2D eigenvalue weighted by molar-refractivity contribution is 7.89. The Hall–Kier alpha value is -2.82. The molecule has 0 aliphatic heterocycles. The van der Waals surface area contributed by atoms with Gasteiger partial charge in [0, 0.05) is 18.5 Å². The number of carbonyl (C=O) groups is 2. The monoisotopic (exact) mass is 409 g/mol. The Kier molecular flexibility index (Phi) is 7.21. The molecule has 0 spiro atoms. The molecule has 150 valence electrons. The topological polar surface area (TPSA) is 114 Å². The lowest BCUT2D eigenvalue weighted by molar-refractivity contribution is -0.119. The first-order valence-corrected chi connectivity index (χ1v) is 9.68. The van der Waals surface area contributed by atoms with Gasteiger partial charge >= 0.3 is 0 Å². The molecule has 0 unspecified atom stereocenters. The lowest BCUT2D eigenvalue weighted by Gasteiger charge is -2.15. The minimum absolute atomic E-state index is 0.120. The number of benzene rings is 2. The first kappa shape index (κ1) is 21.5. The van der Waals surface area contributed by atoms with Crippen molar-refractivity contribution in [3.8, 4) is 0 Å². The number of methoxy groups -OCH3 is 1. The summed E-state index contributed by atoms with van der Waals surface area (Å²) >= 11 is 0. The molecular formula is C18H20FN3O5S. The van der Waals surface area contributed by atoms with Crippen LogP contribution in [0.5, 0.6) is 0 Å². The smallest absolute Gasteiger partial charge is 0.250 e. The third kappa shape index (κ3) is 5.84. The summed E-state index contributed by atoms with van der Waals surface area (Å²) in [5.41, 5.74) is 0.775. The molecule has 2 amide bonds. The van der Waals surface area contributed by atoms with Gasteiger partial charge in [-0.15, -0.1) is 0 Å². The van der Waals surface area contributed by atoms with Crippen LogP contribution in [0.15, 0.2) is 53.4 Å². The Bertz CT molecular complexity index is 965. The fourth-order valence-corrected chi connectivity index (χ4v) is 3.55. The second-order valence-electron chi connectivity index (χ2n) is 5.82. The number of hydrogen-bond acceptors (Lipinski definition) is 5. The third-order valence-corrected chi connectivity index (χ3v) is 5.11. The van der Waals surface area contributed by atoms with Crippen molar-refractivity contribution in [2.24, 2.45) is 0 Å². The molecule has 0 aliphatic carbocycles. The summed E-state index contributed by atoms with van der Waals surface area (Å²) in [5, 5.41) is 5.12. The molecule has 2 rings (SSSR count). The molecule has 2 aromatic carbocycles. The zero-order valence-corrected chi connectivity index (χ0v) is 16.0. The molecule has 1 atom stereocenters. The number of hydrogen-bond donors (Lipinski definition) is 3. The zero-order chi connectivity index (χ0) is 20.7. The van der Waals surface area contributed by atoms with E-state index in [0.29, 0.717) is 11.4 Å². The molecule has 8 nitrogen and oxygen atoms in total. The number of sulfonamides is 1. The van der Waals surface area contributed by atoms with E-state index in [0.717, 1.165) is 12.1 Å². The Morgan fingerprint density at radius 3 is 2.36 bits per heavy atom. The average Bonchev–Trinajstić information content (AvgIpc) is 2.62. The fraction of sp³-hybridized carbons (Fsp3) is 0.222. The van der Waals surface area contributed by atoms with Crippen LogP contribution in [-0.2, 0) is 24.3 Å². The maximum absolute atomic E-state index is 13.7. The van der Waals surface area contributed by atoms with Crippen LogP contribution in [-0.4, -0.2) is 40.0 Å². The van der Waals surface area contributed by atoms with Gasteiger partial charge < -0.3 is 15.4 Å². The van der Waals surface area contributed by atoms with Gasteiger partial charge in [0.1, 0.15) is 17.3 Å². The van der Waals surface area contributed by atoms with Crippen LogP contribution >= 0.6 is 0 Å². The van der Waals surface area contributed by atoms with Gasteiger partial charge in [-0.05, 0) is 37.3 Å². The average molecular weight is 409 g/mol. The number of carbonyl (C=O) groups excluding carboxylic acids is 2. The second-order valence-corrected chi connectivity index (χ2v) is 7.51. The van der Waals surface area contributed by atoms with Crippen LogP contribution < -0.4 is 15.4 Å². The van der Waals surface area contributed by atoms with Gasteiger partial charge in [0.15, 0.2) is 0 Å². The van der Waals surface area contributed by atoms with Crippen LogP contribution in [0, 0.1) is 5.82 Å². The normalized spacial score (nSPS) is 12.2. The highest BCUT2D eigenvalue weighted by atomic mass is 32.2. The van der Waals surface area contributed by atoms with Crippen molar-refractivity contribution >= 4 is 33.2 Å². The second kappa shape index (κ2) is 9.40. The maximum Gasteiger partial charge on any atom is 0.250 e. The summed E-state index contributed by atoms with van der Waals surface area (Å²) in [7, 11) is -2.83. The van der Waals surface area contributed by atoms with Crippen molar-refractivity contribution < 1.29 is 27.1 Å². The van der Waals surface area contributed by atoms with E-state index in [1.807, 2.05) is 0 Å². The SMILES string of the molecule is COCC(=O)Nc1cccc(NC(=O)[C@H](C)NS(=O)(=O)c2ccccc2F)c1. The third-order valence-electron chi connectivity index (χ3n) is 3.54. The highest BCUT2D eigenvalue weighted by Crippen LogP contribution is 2.16. The summed E-state index contributed by atoms with van der Waals surface area (Å²) in [4.78, 5) is 23.3. The lowest BCUT2D eigenvalue weighted by atomic mass is 10.2. The Balaban J connectivity index is 2.04. The number of amides is 2. The molecule has 0 saturated carbocycles. The number of halogens is 1. The maximum atomic E-state index is 13.7. The minimum atomic E-state index is -4.21. The van der Waals surface area contributed by atoms with E-state index in [9.17, 15) is 22.4 Å². The highest BCUT2D eigenvalue weighted by Gasteiger charge is 2.24. The fourth-order valence-electron chi connectivity index (χ4n) is 2.27. The lowest BCUT2D eigenvalue weighted by Crippen LogP contribution is -2.41. The largest absolute Gasteiger partial charge is 0.375 e. The van der Waals surface area contributed by atoms with Crippen molar-refractivity contribution in [3.63, 3.8) is 0 Å². The summed E-state index contributed by atoms with van der Waals surface area (Å²) in [5.74, 6) is -1.93. The van der Waals surface area contributed by atoms with E-state index < -0.39 is 32.7 Å². The number of ether oxygens (including phenoxy) is 1. The summed E-state index contributed by atoms with van der Waals surface area (Å²) < 4.78 is 45.1. The minimum Gasteiger partial charge on any atom is -0.375 e. The summed E-state index contributed by atoms with van der Waals surface area (Å²) in [6.07, 6.45) is 0. The van der Waals surface area contributed by atoms with E-state index in [1.165, 1.54) is 32.2 Å². The molecule has 0 saturated heterocycles. The van der Waals surface area contributed by atoms with Gasteiger partial charge in [-0.2, -0.15) is 4.72 Å². The molecule has 0 aliphatic rings. The van der Waals surface area contributed by atoms with Crippen LogP contribution in [0.1, 0.15) is 6.92 Å². The van der Waals surface area contributed by atoms with Gasteiger partial charge in [-0.25, -0.2) is 12.8 Å². The van der Waals surface area contributed by atoms with Crippen molar-refractivity contribution in [1.29, 1.82) is 0 Å². The quantitative estimate of drug-likeness (QED) is 0.614. The Labute approximate surface area is 162 Å². The molecular weight excluding hydrogens is 389 g/mol. The predicted molar refractivity (Wildman–Crippen MR) is 102 cm³/mol. The van der Waals surface area contributed by atoms with E-state index in [1.54, 1.807) is 18.2 Å². The summed E-state index contributed by atoms with van der Waals surface area (Å²) in [6.45, 7) is 1.21. The molecule has 0 heterocycles. The Morgan fingerprint density at radius 2 is 1.71 bits per heavy atom. The summed E-state index contributed by atoms with van der Waals surface area (Å²) in [6, 6.07) is 9.99. The van der Waals surface area contributed by atoms with Crippen LogP contribution in [0.4, 0.5) is 15.8 Å². The van der Waals surface area contributed by atoms with Crippen molar-refractivity contribution in [2.75, 3.05) is 24.4 Å². The van der Waals surface area contributed by atoms with Crippen LogP contribution in [0.2, 0.25) is 0 Å². The van der Waals surface area contributed by atoms with E-state index in [2.05, 4.69) is 15.4 Å². The van der Waals surface area contributed by atoms with Gasteiger partial charge in [0.05, 0.1) is 6.04 Å². The van der Waals surface area contributed by atoms with Crippen molar-refractivity contribution in [3.05, 3.63) is 54.3 Å². The number of nitrogens with one attached hydrogen (secondary N) is 3. The zero-order valence-electron chi connectivity index (χ0n) is 15.2. The van der Waals surface area contributed by atoms with Gasteiger partial charge in [0.25, 0.3) is 0 Å². The first-order chi connectivity index (χ1) is 13.2. The van der Waals surface area contributed by atoms with Gasteiger partial charge in [-0.3, -0.25) is 9.59 Å². The van der Waals surface area contributed by atoms with E-state index in [4.69, 9.17) is 4.74 Å². The van der Waals surface area contributed by atoms with Gasteiger partial charge in [-0.1, -0.05) is 18.2 Å². The molecule has 0 radical (unpaired) electrons. The number of rotatable bonds is 8. The molecule has 2 aromatic rings. The molecule has 0 bridgehead atoms. The van der Waals surface area contributed by atoms with E-state index >= 15 is 0 Å². The van der Waals surface area contributed by atoms with Crippen molar-refractivity contribution in [2.45, 2.75) is 17.9 Å². The number of anilines is 2. The molecule has 28 heavy (non-hydrogen) atoms. The molecule has 3 N–H and O–H groups in total.